The summed E-state index contributed by atoms with van der Waals surface area (Å²) in [5.74, 6) is -1.08. The molecule has 5 nitrogen and oxygen atoms in total. The molecular formula is C11H12F2N2O3. The maximum absolute atomic E-state index is 11.8. The Morgan fingerprint density at radius 2 is 2.06 bits per heavy atom. The highest BCUT2D eigenvalue weighted by molar-refractivity contribution is 5.92. The Morgan fingerprint density at radius 3 is 2.56 bits per heavy atom. The number of carbonyl (C=O) groups is 2. The quantitative estimate of drug-likeness (QED) is 0.773. The number of rotatable bonds is 4. The Labute approximate surface area is 102 Å². The molecule has 0 radical (unpaired) electrons. The fourth-order valence-corrected chi connectivity index (χ4v) is 1.27. The summed E-state index contributed by atoms with van der Waals surface area (Å²) in [5, 5.41) is 13.1. The third-order valence-electron chi connectivity index (χ3n) is 2.14. The van der Waals surface area contributed by atoms with E-state index in [1.807, 2.05) is 5.32 Å². The van der Waals surface area contributed by atoms with Gasteiger partial charge in [-0.3, -0.25) is 0 Å². The first-order valence-corrected chi connectivity index (χ1v) is 5.07. The molecule has 2 amide bonds. The van der Waals surface area contributed by atoms with Crippen LogP contribution < -0.4 is 10.6 Å². The summed E-state index contributed by atoms with van der Waals surface area (Å²) in [6.07, 6.45) is -2.62. The summed E-state index contributed by atoms with van der Waals surface area (Å²) in [5.41, 5.74) is 0.986. The maximum Gasteiger partial charge on any atom is 0.335 e. The topological polar surface area (TPSA) is 78.4 Å². The number of benzene rings is 1. The molecule has 0 fully saturated rings. The number of alkyl halides is 2. The van der Waals surface area contributed by atoms with Gasteiger partial charge >= 0.3 is 12.0 Å². The Hall–Kier alpha value is -2.18. The van der Waals surface area contributed by atoms with Gasteiger partial charge in [-0.25, -0.2) is 18.4 Å². The van der Waals surface area contributed by atoms with E-state index >= 15 is 0 Å². The average Bonchev–Trinajstić information content (AvgIpc) is 2.29. The van der Waals surface area contributed by atoms with Crippen molar-refractivity contribution in [2.24, 2.45) is 0 Å². The van der Waals surface area contributed by atoms with E-state index in [9.17, 15) is 18.4 Å². The number of hydrogen-bond acceptors (Lipinski definition) is 2. The van der Waals surface area contributed by atoms with E-state index in [0.717, 1.165) is 0 Å². The third kappa shape index (κ3) is 4.00. The zero-order chi connectivity index (χ0) is 13.7. The molecule has 0 aliphatic heterocycles. The summed E-state index contributed by atoms with van der Waals surface area (Å²) in [7, 11) is 0. The van der Waals surface area contributed by atoms with Gasteiger partial charge in [0.05, 0.1) is 12.1 Å². The van der Waals surface area contributed by atoms with Crippen LogP contribution in [0.25, 0.3) is 0 Å². The number of anilines is 1. The van der Waals surface area contributed by atoms with Crippen molar-refractivity contribution < 1.29 is 23.5 Å². The van der Waals surface area contributed by atoms with Gasteiger partial charge in [0.1, 0.15) is 0 Å². The van der Waals surface area contributed by atoms with Gasteiger partial charge in [-0.15, -0.1) is 0 Å². The van der Waals surface area contributed by atoms with Gasteiger partial charge in [-0.05, 0) is 30.7 Å². The van der Waals surface area contributed by atoms with Crippen LogP contribution in [0.2, 0.25) is 0 Å². The molecule has 0 aliphatic rings. The van der Waals surface area contributed by atoms with Crippen LogP contribution in [0, 0.1) is 6.92 Å². The number of amides is 2. The standard InChI is InChI=1S/C11H12F2N2O3/c1-6-4-7(10(16)17)2-3-8(6)15-11(18)14-5-9(12)13/h2-4,9H,5H2,1H3,(H,16,17)(H2,14,15,18). The van der Waals surface area contributed by atoms with E-state index in [2.05, 4.69) is 5.32 Å². The molecule has 0 heterocycles. The predicted octanol–water partition coefficient (Wildman–Crippen LogP) is 2.08. The monoisotopic (exact) mass is 258 g/mol. The Balaban J connectivity index is 2.68. The van der Waals surface area contributed by atoms with Gasteiger partial charge in [0, 0.05) is 5.69 Å². The van der Waals surface area contributed by atoms with Gasteiger partial charge in [0.25, 0.3) is 6.43 Å². The minimum atomic E-state index is -2.62. The number of carboxylic acids is 1. The molecule has 0 saturated carbocycles. The lowest BCUT2D eigenvalue weighted by Crippen LogP contribution is -2.32. The molecule has 1 aromatic rings. The Kier molecular flexibility index (Phi) is 4.59. The second-order valence-electron chi connectivity index (χ2n) is 3.56. The average molecular weight is 258 g/mol. The predicted molar refractivity (Wildman–Crippen MR) is 61.2 cm³/mol. The summed E-state index contributed by atoms with van der Waals surface area (Å²) >= 11 is 0. The van der Waals surface area contributed by atoms with Gasteiger partial charge in [0.2, 0.25) is 0 Å². The van der Waals surface area contributed by atoms with Crippen molar-refractivity contribution >= 4 is 17.7 Å². The van der Waals surface area contributed by atoms with Crippen molar-refractivity contribution in [1.82, 2.24) is 5.32 Å². The fourth-order valence-electron chi connectivity index (χ4n) is 1.27. The first kappa shape index (κ1) is 13.9. The number of urea groups is 1. The van der Waals surface area contributed by atoms with Crippen LogP contribution in [-0.4, -0.2) is 30.1 Å². The fraction of sp³-hybridized carbons (Fsp3) is 0.273. The van der Waals surface area contributed by atoms with Crippen LogP contribution in [0.1, 0.15) is 15.9 Å². The lowest BCUT2D eigenvalue weighted by Gasteiger charge is -2.10. The molecule has 18 heavy (non-hydrogen) atoms. The van der Waals surface area contributed by atoms with Crippen LogP contribution >= 0.6 is 0 Å². The summed E-state index contributed by atoms with van der Waals surface area (Å²) in [4.78, 5) is 21.9. The smallest absolute Gasteiger partial charge is 0.335 e. The normalized spacial score (nSPS) is 10.2. The minimum absolute atomic E-state index is 0.0889. The van der Waals surface area contributed by atoms with Crippen molar-refractivity contribution in [3.63, 3.8) is 0 Å². The molecule has 1 rings (SSSR count). The first-order valence-electron chi connectivity index (χ1n) is 5.07. The zero-order valence-corrected chi connectivity index (χ0v) is 9.54. The lowest BCUT2D eigenvalue weighted by atomic mass is 10.1. The van der Waals surface area contributed by atoms with E-state index < -0.39 is 25.0 Å². The van der Waals surface area contributed by atoms with Crippen molar-refractivity contribution in [2.75, 3.05) is 11.9 Å². The maximum atomic E-state index is 11.8. The van der Waals surface area contributed by atoms with Crippen molar-refractivity contribution in [3.05, 3.63) is 29.3 Å². The van der Waals surface area contributed by atoms with Crippen molar-refractivity contribution in [1.29, 1.82) is 0 Å². The van der Waals surface area contributed by atoms with Crippen LogP contribution in [0.15, 0.2) is 18.2 Å². The number of carboxylic acid groups (broad SMARTS) is 1. The Morgan fingerprint density at radius 1 is 1.39 bits per heavy atom. The molecule has 0 atom stereocenters. The van der Waals surface area contributed by atoms with E-state index in [0.29, 0.717) is 11.3 Å². The molecular weight excluding hydrogens is 246 g/mol. The molecule has 1 aromatic carbocycles. The van der Waals surface area contributed by atoms with Crippen molar-refractivity contribution in [3.8, 4) is 0 Å². The first-order chi connectivity index (χ1) is 8.40. The minimum Gasteiger partial charge on any atom is -0.478 e. The highest BCUT2D eigenvalue weighted by Gasteiger charge is 2.09. The van der Waals surface area contributed by atoms with Gasteiger partial charge in [-0.1, -0.05) is 0 Å². The van der Waals surface area contributed by atoms with Crippen LogP contribution in [0.4, 0.5) is 19.3 Å². The van der Waals surface area contributed by atoms with Gasteiger partial charge < -0.3 is 15.7 Å². The van der Waals surface area contributed by atoms with E-state index in [4.69, 9.17) is 5.11 Å². The number of hydrogen-bond donors (Lipinski definition) is 3. The molecule has 0 unspecified atom stereocenters. The van der Waals surface area contributed by atoms with Crippen molar-refractivity contribution in [2.45, 2.75) is 13.3 Å². The molecule has 98 valence electrons. The van der Waals surface area contributed by atoms with E-state index in [1.54, 1.807) is 6.92 Å². The molecule has 0 spiro atoms. The zero-order valence-electron chi connectivity index (χ0n) is 9.54. The molecule has 0 saturated heterocycles. The molecule has 0 bridgehead atoms. The molecule has 3 N–H and O–H groups in total. The SMILES string of the molecule is Cc1cc(C(=O)O)ccc1NC(=O)NCC(F)F. The number of aromatic carboxylic acids is 1. The third-order valence-corrected chi connectivity index (χ3v) is 2.14. The molecule has 7 heteroatoms. The lowest BCUT2D eigenvalue weighted by molar-refractivity contribution is 0.0696. The largest absolute Gasteiger partial charge is 0.478 e. The van der Waals surface area contributed by atoms with Crippen LogP contribution in [0.3, 0.4) is 0 Å². The highest BCUT2D eigenvalue weighted by atomic mass is 19.3. The summed E-state index contributed by atoms with van der Waals surface area (Å²) in [6.45, 7) is 0.868. The van der Waals surface area contributed by atoms with E-state index in [-0.39, 0.29) is 5.56 Å². The second-order valence-corrected chi connectivity index (χ2v) is 3.56. The van der Waals surface area contributed by atoms with Crippen LogP contribution in [0.5, 0.6) is 0 Å². The Bertz CT molecular complexity index is 464. The molecule has 0 aromatic heterocycles. The number of halogens is 2. The second kappa shape index (κ2) is 5.95. The highest BCUT2D eigenvalue weighted by Crippen LogP contribution is 2.16. The van der Waals surface area contributed by atoms with Gasteiger partial charge in [-0.2, -0.15) is 0 Å². The van der Waals surface area contributed by atoms with Gasteiger partial charge in [0.15, 0.2) is 0 Å². The summed E-state index contributed by atoms with van der Waals surface area (Å²) in [6, 6.07) is 3.34. The number of carbonyl (C=O) groups excluding carboxylic acids is 1. The van der Waals surface area contributed by atoms with E-state index in [1.165, 1.54) is 18.2 Å². The number of nitrogens with one attached hydrogen (secondary N) is 2. The van der Waals surface area contributed by atoms with Crippen LogP contribution in [-0.2, 0) is 0 Å². The summed E-state index contributed by atoms with van der Waals surface area (Å²) < 4.78 is 23.7. The number of aryl methyl sites for hydroxylation is 1. The molecule has 0 aliphatic carbocycles.